The third-order valence-corrected chi connectivity index (χ3v) is 1.89. The Balaban J connectivity index is 2.77. The summed E-state index contributed by atoms with van der Waals surface area (Å²) >= 11 is 0. The molecule has 1 aromatic rings. The maximum Gasteiger partial charge on any atom is 0.269 e. The van der Waals surface area contributed by atoms with E-state index in [1.807, 2.05) is 0 Å². The highest BCUT2D eigenvalue weighted by molar-refractivity contribution is 5.33. The molecule has 0 saturated heterocycles. The molecule has 4 nitrogen and oxygen atoms in total. The van der Waals surface area contributed by atoms with Crippen molar-refractivity contribution >= 4 is 5.69 Å². The van der Waals surface area contributed by atoms with E-state index in [9.17, 15) is 14.5 Å². The standard InChI is InChI=1S/C9H11FN2O2/c10-9(5-6-11)7-1-3-8(4-2-7)12(13)14/h1-4,9H,5-6,11H2. The van der Waals surface area contributed by atoms with Crippen LogP contribution in [0.2, 0.25) is 0 Å². The molecule has 0 heterocycles. The van der Waals surface area contributed by atoms with Crippen molar-refractivity contribution in [3.8, 4) is 0 Å². The minimum atomic E-state index is -1.14. The number of benzene rings is 1. The monoisotopic (exact) mass is 198 g/mol. The Morgan fingerprint density at radius 3 is 2.43 bits per heavy atom. The Bertz CT molecular complexity index is 313. The lowest BCUT2D eigenvalue weighted by molar-refractivity contribution is -0.384. The van der Waals surface area contributed by atoms with E-state index < -0.39 is 11.1 Å². The quantitative estimate of drug-likeness (QED) is 0.593. The second-order valence-electron chi connectivity index (χ2n) is 2.89. The van der Waals surface area contributed by atoms with Crippen molar-refractivity contribution in [3.63, 3.8) is 0 Å². The van der Waals surface area contributed by atoms with Crippen molar-refractivity contribution in [3.05, 3.63) is 39.9 Å². The van der Waals surface area contributed by atoms with E-state index in [4.69, 9.17) is 5.73 Å². The number of non-ortho nitro benzene ring substituents is 1. The van der Waals surface area contributed by atoms with Gasteiger partial charge < -0.3 is 5.73 Å². The van der Waals surface area contributed by atoms with Gasteiger partial charge in [0.05, 0.1) is 4.92 Å². The fourth-order valence-corrected chi connectivity index (χ4v) is 1.12. The SMILES string of the molecule is NCCC(F)c1ccc([N+](=O)[O-])cc1. The van der Waals surface area contributed by atoms with Crippen LogP contribution in [0.4, 0.5) is 10.1 Å². The molecule has 0 aliphatic heterocycles. The van der Waals surface area contributed by atoms with E-state index in [0.717, 1.165) is 0 Å². The molecule has 0 amide bonds. The van der Waals surface area contributed by atoms with Gasteiger partial charge in [-0.05, 0) is 30.7 Å². The molecule has 0 fully saturated rings. The third kappa shape index (κ3) is 2.50. The van der Waals surface area contributed by atoms with Crippen molar-refractivity contribution in [2.45, 2.75) is 12.6 Å². The molecule has 1 aromatic carbocycles. The van der Waals surface area contributed by atoms with Crippen LogP contribution in [0.15, 0.2) is 24.3 Å². The minimum Gasteiger partial charge on any atom is -0.330 e. The van der Waals surface area contributed by atoms with Gasteiger partial charge in [0.2, 0.25) is 0 Å². The van der Waals surface area contributed by atoms with Gasteiger partial charge in [-0.25, -0.2) is 4.39 Å². The molecule has 14 heavy (non-hydrogen) atoms. The molecule has 0 spiro atoms. The Labute approximate surface area is 80.7 Å². The van der Waals surface area contributed by atoms with Crippen LogP contribution in [0.3, 0.4) is 0 Å². The summed E-state index contributed by atoms with van der Waals surface area (Å²) < 4.78 is 13.2. The van der Waals surface area contributed by atoms with Crippen LogP contribution in [0.25, 0.3) is 0 Å². The number of nitrogens with zero attached hydrogens (tertiary/aromatic N) is 1. The second-order valence-corrected chi connectivity index (χ2v) is 2.89. The number of nitrogens with two attached hydrogens (primary N) is 1. The van der Waals surface area contributed by atoms with Crippen LogP contribution >= 0.6 is 0 Å². The van der Waals surface area contributed by atoms with Gasteiger partial charge in [0, 0.05) is 12.1 Å². The third-order valence-electron chi connectivity index (χ3n) is 1.89. The molecule has 0 aliphatic rings. The van der Waals surface area contributed by atoms with Crippen LogP contribution in [0.1, 0.15) is 18.2 Å². The Morgan fingerprint density at radius 1 is 1.43 bits per heavy atom. The largest absolute Gasteiger partial charge is 0.330 e. The van der Waals surface area contributed by atoms with Gasteiger partial charge in [0.1, 0.15) is 6.17 Å². The normalized spacial score (nSPS) is 12.4. The van der Waals surface area contributed by atoms with Crippen molar-refractivity contribution in [2.24, 2.45) is 5.73 Å². The lowest BCUT2D eigenvalue weighted by Gasteiger charge is -2.05. The lowest BCUT2D eigenvalue weighted by atomic mass is 10.1. The summed E-state index contributed by atoms with van der Waals surface area (Å²) in [4.78, 5) is 9.79. The van der Waals surface area contributed by atoms with Crippen molar-refractivity contribution in [1.82, 2.24) is 0 Å². The van der Waals surface area contributed by atoms with Crippen molar-refractivity contribution in [2.75, 3.05) is 6.54 Å². The molecule has 2 N–H and O–H groups in total. The zero-order chi connectivity index (χ0) is 10.6. The fraction of sp³-hybridized carbons (Fsp3) is 0.333. The van der Waals surface area contributed by atoms with Gasteiger partial charge in [-0.2, -0.15) is 0 Å². The van der Waals surface area contributed by atoms with Crippen molar-refractivity contribution in [1.29, 1.82) is 0 Å². The minimum absolute atomic E-state index is 0.0336. The number of nitro groups is 1. The molecule has 1 rings (SSSR count). The van der Waals surface area contributed by atoms with Crippen LogP contribution in [-0.4, -0.2) is 11.5 Å². The molecule has 0 aliphatic carbocycles. The summed E-state index contributed by atoms with van der Waals surface area (Å²) in [6.07, 6.45) is -0.904. The first-order valence-corrected chi connectivity index (χ1v) is 4.23. The van der Waals surface area contributed by atoms with E-state index in [1.54, 1.807) is 0 Å². The summed E-state index contributed by atoms with van der Waals surface area (Å²) in [5.41, 5.74) is 5.59. The van der Waals surface area contributed by atoms with Gasteiger partial charge >= 0.3 is 0 Å². The lowest BCUT2D eigenvalue weighted by Crippen LogP contribution is -2.03. The summed E-state index contributed by atoms with van der Waals surface area (Å²) in [5, 5.41) is 10.3. The van der Waals surface area contributed by atoms with Crippen LogP contribution in [0, 0.1) is 10.1 Å². The summed E-state index contributed by atoms with van der Waals surface area (Å²) in [6, 6.07) is 5.41. The molecule has 0 aromatic heterocycles. The van der Waals surface area contributed by atoms with Crippen LogP contribution in [-0.2, 0) is 0 Å². The topological polar surface area (TPSA) is 69.2 Å². The van der Waals surface area contributed by atoms with Gasteiger partial charge in [0.15, 0.2) is 0 Å². The smallest absolute Gasteiger partial charge is 0.269 e. The maximum absolute atomic E-state index is 13.2. The highest BCUT2D eigenvalue weighted by Crippen LogP contribution is 2.22. The Morgan fingerprint density at radius 2 is 2.00 bits per heavy atom. The molecule has 0 saturated carbocycles. The summed E-state index contributed by atoms with van der Waals surface area (Å²) in [5.74, 6) is 0. The van der Waals surface area contributed by atoms with Gasteiger partial charge in [-0.15, -0.1) is 0 Å². The molecule has 76 valence electrons. The van der Waals surface area contributed by atoms with Gasteiger partial charge in [-0.1, -0.05) is 0 Å². The van der Waals surface area contributed by atoms with Crippen molar-refractivity contribution < 1.29 is 9.31 Å². The molecule has 1 atom stereocenters. The number of rotatable bonds is 4. The first kappa shape index (κ1) is 10.6. The number of hydrogen-bond donors (Lipinski definition) is 1. The predicted octanol–water partition coefficient (Wildman–Crippen LogP) is 1.95. The highest BCUT2D eigenvalue weighted by atomic mass is 19.1. The molecule has 0 radical (unpaired) electrons. The highest BCUT2D eigenvalue weighted by Gasteiger charge is 2.10. The van der Waals surface area contributed by atoms with E-state index >= 15 is 0 Å². The zero-order valence-corrected chi connectivity index (χ0v) is 7.52. The first-order chi connectivity index (χ1) is 6.65. The Hall–Kier alpha value is -1.49. The van der Waals surface area contributed by atoms with Gasteiger partial charge in [-0.3, -0.25) is 10.1 Å². The fourth-order valence-electron chi connectivity index (χ4n) is 1.12. The number of alkyl halides is 1. The maximum atomic E-state index is 13.2. The van der Waals surface area contributed by atoms with E-state index in [-0.39, 0.29) is 18.7 Å². The predicted molar refractivity (Wildman–Crippen MR) is 50.6 cm³/mol. The molecule has 1 unspecified atom stereocenters. The van der Waals surface area contributed by atoms with E-state index in [0.29, 0.717) is 5.56 Å². The average Bonchev–Trinajstić information content (AvgIpc) is 2.18. The van der Waals surface area contributed by atoms with Crippen LogP contribution in [0.5, 0.6) is 0 Å². The zero-order valence-electron chi connectivity index (χ0n) is 7.52. The molecular formula is C9H11FN2O2. The summed E-state index contributed by atoms with van der Waals surface area (Å²) in [6.45, 7) is 0.262. The second kappa shape index (κ2) is 4.66. The average molecular weight is 198 g/mol. The Kier molecular flexibility index (Phi) is 3.53. The summed E-state index contributed by atoms with van der Waals surface area (Å²) in [7, 11) is 0. The van der Waals surface area contributed by atoms with E-state index in [1.165, 1.54) is 24.3 Å². The molecular weight excluding hydrogens is 187 g/mol. The van der Waals surface area contributed by atoms with Crippen LogP contribution < -0.4 is 5.73 Å². The molecule has 0 bridgehead atoms. The van der Waals surface area contributed by atoms with E-state index in [2.05, 4.69) is 0 Å². The molecule has 5 heteroatoms. The number of nitro benzene ring substituents is 1. The first-order valence-electron chi connectivity index (χ1n) is 4.23. The van der Waals surface area contributed by atoms with Gasteiger partial charge in [0.25, 0.3) is 5.69 Å². The number of hydrogen-bond acceptors (Lipinski definition) is 3. The number of halogens is 1.